The molecular formula is C27H32Cl2N2O3Si. The molecule has 2 aliphatic rings. The van der Waals surface area contributed by atoms with Gasteiger partial charge in [-0.15, -0.1) is 0 Å². The zero-order valence-electron chi connectivity index (χ0n) is 20.7. The molecule has 2 aromatic carbocycles. The predicted octanol–water partition coefficient (Wildman–Crippen LogP) is 6.14. The molecule has 1 spiro atoms. The number of hydrogen-bond acceptors (Lipinski definition) is 3. The summed E-state index contributed by atoms with van der Waals surface area (Å²) in [6.45, 7) is 13.6. The third-order valence-electron chi connectivity index (χ3n) is 6.96. The van der Waals surface area contributed by atoms with Crippen molar-refractivity contribution in [1.82, 2.24) is 5.32 Å². The van der Waals surface area contributed by atoms with Crippen LogP contribution in [0.5, 0.6) is 0 Å². The molecule has 0 radical (unpaired) electrons. The van der Waals surface area contributed by atoms with E-state index in [-0.39, 0.29) is 25.0 Å². The summed E-state index contributed by atoms with van der Waals surface area (Å²) in [6.07, 6.45) is 0.155. The molecule has 1 N–H and O–H groups in total. The van der Waals surface area contributed by atoms with Crippen molar-refractivity contribution in [2.45, 2.75) is 56.4 Å². The van der Waals surface area contributed by atoms with E-state index >= 15 is 0 Å². The zero-order chi connectivity index (χ0) is 25.5. The van der Waals surface area contributed by atoms with Gasteiger partial charge in [0.1, 0.15) is 12.1 Å². The van der Waals surface area contributed by atoms with Crippen molar-refractivity contribution in [2.75, 3.05) is 18.2 Å². The lowest BCUT2D eigenvalue weighted by Crippen LogP contribution is -2.63. The van der Waals surface area contributed by atoms with E-state index in [2.05, 4.69) is 31.5 Å². The van der Waals surface area contributed by atoms with Gasteiger partial charge < -0.3 is 10.1 Å². The van der Waals surface area contributed by atoms with Crippen molar-refractivity contribution in [3.05, 3.63) is 75.8 Å². The standard InChI is InChI=1S/C27H32Cl2N2O3Si/c1-17(2)25-27(22(15-24(32)30-25)18-7-6-8-19(28)13-18)21-10-9-20(29)14-23(21)31(26(27)33)16-34-11-12-35(3,4)5/h6-10,13-14,22,25H,1,11-12,15-16H2,2-5H3,(H,30,32)/t22-,25+,27-/m0/s1. The smallest absolute Gasteiger partial charge is 0.242 e. The van der Waals surface area contributed by atoms with Gasteiger partial charge >= 0.3 is 0 Å². The summed E-state index contributed by atoms with van der Waals surface area (Å²) < 4.78 is 6.04. The number of halogens is 2. The lowest BCUT2D eigenvalue weighted by Gasteiger charge is -2.47. The summed E-state index contributed by atoms with van der Waals surface area (Å²) in [4.78, 5) is 29.1. The third kappa shape index (κ3) is 4.81. The summed E-state index contributed by atoms with van der Waals surface area (Å²) in [5.74, 6) is -0.682. The minimum Gasteiger partial charge on any atom is -0.361 e. The number of amides is 2. The van der Waals surface area contributed by atoms with Gasteiger partial charge in [-0.25, -0.2) is 0 Å². The highest BCUT2D eigenvalue weighted by Gasteiger charge is 2.63. The number of carbonyl (C=O) groups excluding carboxylic acids is 2. The van der Waals surface area contributed by atoms with Crippen LogP contribution in [0.4, 0.5) is 5.69 Å². The molecule has 0 aromatic heterocycles. The second-order valence-corrected chi connectivity index (χ2v) is 17.3. The van der Waals surface area contributed by atoms with Crippen LogP contribution in [0.1, 0.15) is 30.4 Å². The van der Waals surface area contributed by atoms with Crippen molar-refractivity contribution < 1.29 is 14.3 Å². The molecule has 1 saturated heterocycles. The number of nitrogens with zero attached hydrogens (tertiary/aromatic N) is 1. The number of rotatable bonds is 7. The Kier molecular flexibility index (Phi) is 7.22. The number of carbonyl (C=O) groups is 2. The maximum absolute atomic E-state index is 14.5. The van der Waals surface area contributed by atoms with E-state index in [9.17, 15) is 9.59 Å². The van der Waals surface area contributed by atoms with E-state index in [1.807, 2.05) is 37.3 Å². The summed E-state index contributed by atoms with van der Waals surface area (Å²) in [5, 5.41) is 4.16. The van der Waals surface area contributed by atoms with E-state index in [4.69, 9.17) is 27.9 Å². The van der Waals surface area contributed by atoms with Gasteiger partial charge in [0, 0.05) is 37.1 Å². The fraction of sp³-hybridized carbons (Fsp3) is 0.407. The number of benzene rings is 2. The first-order valence-corrected chi connectivity index (χ1v) is 16.3. The molecule has 3 atom stereocenters. The Morgan fingerprint density at radius 2 is 1.89 bits per heavy atom. The van der Waals surface area contributed by atoms with Crippen LogP contribution < -0.4 is 10.2 Å². The van der Waals surface area contributed by atoms with Crippen LogP contribution in [0, 0.1) is 0 Å². The highest BCUT2D eigenvalue weighted by molar-refractivity contribution is 6.76. The van der Waals surface area contributed by atoms with E-state index in [1.54, 1.807) is 17.0 Å². The molecular weight excluding hydrogens is 499 g/mol. The average Bonchev–Trinajstić information content (AvgIpc) is 2.99. The van der Waals surface area contributed by atoms with Crippen LogP contribution in [0.25, 0.3) is 0 Å². The largest absolute Gasteiger partial charge is 0.361 e. The second kappa shape index (κ2) is 9.73. The van der Waals surface area contributed by atoms with Gasteiger partial charge in [-0.3, -0.25) is 14.5 Å². The molecule has 2 amide bonds. The van der Waals surface area contributed by atoms with Gasteiger partial charge in [-0.1, -0.05) is 73.2 Å². The molecule has 35 heavy (non-hydrogen) atoms. The Hall–Kier alpha value is -2.12. The van der Waals surface area contributed by atoms with Gasteiger partial charge in [0.25, 0.3) is 0 Å². The van der Waals surface area contributed by atoms with Crippen LogP contribution in [0.15, 0.2) is 54.6 Å². The van der Waals surface area contributed by atoms with E-state index in [1.165, 1.54) is 0 Å². The van der Waals surface area contributed by atoms with Crippen molar-refractivity contribution in [3.8, 4) is 0 Å². The fourth-order valence-electron chi connectivity index (χ4n) is 5.30. The summed E-state index contributed by atoms with van der Waals surface area (Å²) >= 11 is 12.8. The molecule has 2 heterocycles. The van der Waals surface area contributed by atoms with Crippen molar-refractivity contribution in [3.63, 3.8) is 0 Å². The Balaban J connectivity index is 1.85. The molecule has 0 aliphatic carbocycles. The third-order valence-corrected chi connectivity index (χ3v) is 9.13. The number of nitrogens with one attached hydrogen (secondary N) is 1. The minimum atomic E-state index is -1.29. The van der Waals surface area contributed by atoms with Gasteiger partial charge in [0.05, 0.1) is 11.7 Å². The molecule has 1 fully saturated rings. The predicted molar refractivity (Wildman–Crippen MR) is 145 cm³/mol. The molecule has 186 valence electrons. The molecule has 0 saturated carbocycles. The maximum atomic E-state index is 14.5. The summed E-state index contributed by atoms with van der Waals surface area (Å²) in [7, 11) is -1.29. The highest BCUT2D eigenvalue weighted by Crippen LogP contribution is 2.56. The van der Waals surface area contributed by atoms with E-state index < -0.39 is 25.4 Å². The fourth-order valence-corrected chi connectivity index (χ4v) is 6.42. The normalized spacial score (nSPS) is 24.0. The first-order chi connectivity index (χ1) is 16.4. The lowest BCUT2D eigenvalue weighted by molar-refractivity contribution is -0.132. The number of fused-ring (bicyclic) bond motifs is 2. The van der Waals surface area contributed by atoms with Crippen molar-refractivity contribution in [1.29, 1.82) is 0 Å². The quantitative estimate of drug-likeness (QED) is 0.265. The van der Waals surface area contributed by atoms with Crippen molar-refractivity contribution in [2.24, 2.45) is 0 Å². The van der Waals surface area contributed by atoms with Gasteiger partial charge in [-0.05, 0) is 48.4 Å². The molecule has 4 rings (SSSR count). The number of piperidine rings is 1. The van der Waals surface area contributed by atoms with Gasteiger partial charge in [0.15, 0.2) is 0 Å². The monoisotopic (exact) mass is 530 g/mol. The van der Waals surface area contributed by atoms with Gasteiger partial charge in [-0.2, -0.15) is 0 Å². The summed E-state index contributed by atoms with van der Waals surface area (Å²) in [5.41, 5.74) is 1.99. The SMILES string of the molecule is C=C(C)[C@H]1NC(=O)C[C@@H](c2cccc(Cl)c2)[C@]12C(=O)N(COCC[Si](C)(C)C)c1cc(Cl)ccc12. The molecule has 2 aliphatic heterocycles. The highest BCUT2D eigenvalue weighted by atomic mass is 35.5. The van der Waals surface area contributed by atoms with Gasteiger partial charge in [0.2, 0.25) is 11.8 Å². The van der Waals surface area contributed by atoms with Crippen LogP contribution in [-0.4, -0.2) is 39.3 Å². The van der Waals surface area contributed by atoms with E-state index in [0.717, 1.165) is 17.2 Å². The Morgan fingerprint density at radius 1 is 1.17 bits per heavy atom. The summed E-state index contributed by atoms with van der Waals surface area (Å²) in [6, 6.07) is 13.3. The number of hydrogen-bond donors (Lipinski definition) is 1. The molecule has 2 aromatic rings. The first-order valence-electron chi connectivity index (χ1n) is 11.8. The van der Waals surface area contributed by atoms with Crippen LogP contribution >= 0.6 is 23.2 Å². The van der Waals surface area contributed by atoms with Crippen LogP contribution in [0.2, 0.25) is 35.7 Å². The van der Waals surface area contributed by atoms with Crippen molar-refractivity contribution >= 4 is 48.8 Å². The Bertz CT molecular complexity index is 1180. The molecule has 0 unspecified atom stereocenters. The minimum absolute atomic E-state index is 0.123. The lowest BCUT2D eigenvalue weighted by atomic mass is 9.59. The van der Waals surface area contributed by atoms with E-state index in [0.29, 0.717) is 27.9 Å². The molecule has 8 heteroatoms. The Morgan fingerprint density at radius 3 is 2.54 bits per heavy atom. The maximum Gasteiger partial charge on any atom is 0.242 e. The molecule has 5 nitrogen and oxygen atoms in total. The number of ether oxygens (including phenoxy) is 1. The zero-order valence-corrected chi connectivity index (χ0v) is 23.2. The second-order valence-electron chi connectivity index (χ2n) is 10.8. The van der Waals surface area contributed by atoms with Crippen LogP contribution in [-0.2, 0) is 19.7 Å². The molecule has 0 bridgehead atoms. The first kappa shape index (κ1) is 26.0. The Labute approximate surface area is 218 Å². The average molecular weight is 532 g/mol. The number of anilines is 1. The topological polar surface area (TPSA) is 58.6 Å². The van der Waals surface area contributed by atoms with Crippen LogP contribution in [0.3, 0.4) is 0 Å².